The van der Waals surface area contributed by atoms with Crippen molar-refractivity contribution >= 4 is 5.91 Å². The van der Waals surface area contributed by atoms with Crippen LogP contribution in [0.4, 0.5) is 4.39 Å². The van der Waals surface area contributed by atoms with E-state index in [1.807, 2.05) is 9.58 Å². The Morgan fingerprint density at radius 2 is 2.00 bits per heavy atom. The van der Waals surface area contributed by atoms with E-state index in [2.05, 4.69) is 18.9 Å². The third-order valence-corrected chi connectivity index (χ3v) is 4.87. The Labute approximate surface area is 165 Å². The predicted molar refractivity (Wildman–Crippen MR) is 104 cm³/mol. The molecule has 0 unspecified atom stereocenters. The summed E-state index contributed by atoms with van der Waals surface area (Å²) in [5.41, 5.74) is 2.78. The second kappa shape index (κ2) is 8.84. The molecule has 2 heterocycles. The maximum absolute atomic E-state index is 13.3. The Morgan fingerprint density at radius 1 is 1.25 bits per heavy atom. The van der Waals surface area contributed by atoms with E-state index in [4.69, 9.17) is 9.47 Å². The van der Waals surface area contributed by atoms with Crippen molar-refractivity contribution in [1.82, 2.24) is 14.7 Å². The fourth-order valence-electron chi connectivity index (χ4n) is 3.55. The number of ether oxygens (including phenoxy) is 2. The highest BCUT2D eigenvalue weighted by Crippen LogP contribution is 2.31. The van der Waals surface area contributed by atoms with E-state index in [0.717, 1.165) is 29.8 Å². The van der Waals surface area contributed by atoms with Gasteiger partial charge in [-0.25, -0.2) is 9.07 Å². The third kappa shape index (κ3) is 4.97. The number of aromatic nitrogens is 2. The van der Waals surface area contributed by atoms with Gasteiger partial charge in [0, 0.05) is 44.7 Å². The lowest BCUT2D eigenvalue weighted by atomic mass is 9.87. The smallest absolute Gasteiger partial charge is 0.248 e. The van der Waals surface area contributed by atoms with Crippen LogP contribution in [0.15, 0.2) is 30.5 Å². The molecule has 0 atom stereocenters. The highest BCUT2D eigenvalue weighted by Gasteiger charge is 2.32. The second-order valence-corrected chi connectivity index (χ2v) is 7.99. The van der Waals surface area contributed by atoms with Crippen LogP contribution in [0.1, 0.15) is 31.5 Å². The molecule has 1 aliphatic heterocycles. The first-order valence-corrected chi connectivity index (χ1v) is 9.56. The Hall–Kier alpha value is -2.25. The van der Waals surface area contributed by atoms with Crippen LogP contribution in [0.25, 0.3) is 5.69 Å². The number of hydrogen-bond acceptors (Lipinski definition) is 4. The number of amides is 1. The number of rotatable bonds is 7. The summed E-state index contributed by atoms with van der Waals surface area (Å²) < 4.78 is 25.6. The molecule has 6 nitrogen and oxygen atoms in total. The summed E-state index contributed by atoms with van der Waals surface area (Å²) in [4.78, 5) is 14.5. The fourth-order valence-corrected chi connectivity index (χ4v) is 3.55. The summed E-state index contributed by atoms with van der Waals surface area (Å²) in [6, 6.07) is 6.30. The summed E-state index contributed by atoms with van der Waals surface area (Å²) in [6.07, 6.45) is 3.35. The Balaban J connectivity index is 1.75. The molecule has 152 valence electrons. The van der Waals surface area contributed by atoms with Gasteiger partial charge in [-0.3, -0.25) is 4.79 Å². The minimum atomic E-state index is -0.274. The minimum absolute atomic E-state index is 0.0205. The van der Waals surface area contributed by atoms with Crippen molar-refractivity contribution in [3.8, 4) is 5.69 Å². The highest BCUT2D eigenvalue weighted by atomic mass is 19.1. The molecule has 1 aromatic carbocycles. The number of carbonyl (C=O) groups excluding carboxylic acids is 1. The van der Waals surface area contributed by atoms with E-state index in [1.54, 1.807) is 25.4 Å². The zero-order valence-electron chi connectivity index (χ0n) is 16.8. The predicted octanol–water partition coefficient (Wildman–Crippen LogP) is 2.98. The summed E-state index contributed by atoms with van der Waals surface area (Å²) >= 11 is 0. The first kappa shape index (κ1) is 20.5. The van der Waals surface area contributed by atoms with Crippen LogP contribution in [0, 0.1) is 11.2 Å². The number of hydrogen-bond donors (Lipinski definition) is 0. The van der Waals surface area contributed by atoms with Crippen molar-refractivity contribution in [3.63, 3.8) is 0 Å². The van der Waals surface area contributed by atoms with Gasteiger partial charge in [0.15, 0.2) is 0 Å². The molecule has 0 saturated carbocycles. The van der Waals surface area contributed by atoms with Crippen molar-refractivity contribution in [2.75, 3.05) is 33.5 Å². The molecule has 0 radical (unpaired) electrons. The molecule has 0 N–H and O–H groups in total. The van der Waals surface area contributed by atoms with Crippen LogP contribution in [-0.4, -0.2) is 54.1 Å². The van der Waals surface area contributed by atoms with E-state index in [0.29, 0.717) is 26.3 Å². The van der Waals surface area contributed by atoms with Gasteiger partial charge in [0.25, 0.3) is 0 Å². The van der Waals surface area contributed by atoms with Crippen LogP contribution in [0.3, 0.4) is 0 Å². The van der Waals surface area contributed by atoms with Crippen molar-refractivity contribution in [3.05, 3.63) is 47.5 Å². The molecule has 3 rings (SSSR count). The van der Waals surface area contributed by atoms with Gasteiger partial charge in [-0.15, -0.1) is 0 Å². The van der Waals surface area contributed by atoms with Crippen LogP contribution in [-0.2, 0) is 27.2 Å². The lowest BCUT2D eigenvalue weighted by molar-refractivity contribution is -0.138. The van der Waals surface area contributed by atoms with E-state index in [-0.39, 0.29) is 23.7 Å². The number of methoxy groups -OCH3 is 1. The molecule has 0 fully saturated rings. The van der Waals surface area contributed by atoms with Crippen LogP contribution >= 0.6 is 0 Å². The first-order chi connectivity index (χ1) is 13.4. The molecule has 28 heavy (non-hydrogen) atoms. The lowest BCUT2D eigenvalue weighted by Crippen LogP contribution is -2.39. The number of fused-ring (bicyclic) bond motifs is 1. The molecule has 2 aromatic rings. The zero-order valence-corrected chi connectivity index (χ0v) is 16.8. The highest BCUT2D eigenvalue weighted by molar-refractivity contribution is 5.77. The normalized spacial score (nSPS) is 15.9. The van der Waals surface area contributed by atoms with Crippen LogP contribution in [0.5, 0.6) is 0 Å². The SMILES string of the molecule is COCCCOCC(=O)N1Cc2cnn(-c3ccc(F)cc3)c2CC(C)(C)C1. The van der Waals surface area contributed by atoms with Gasteiger partial charge in [-0.05, 0) is 42.5 Å². The second-order valence-electron chi connectivity index (χ2n) is 7.99. The van der Waals surface area contributed by atoms with Crippen molar-refractivity contribution in [2.24, 2.45) is 5.41 Å². The first-order valence-electron chi connectivity index (χ1n) is 9.56. The summed E-state index contributed by atoms with van der Waals surface area (Å²) in [5.74, 6) is -0.294. The van der Waals surface area contributed by atoms with Crippen molar-refractivity contribution in [2.45, 2.75) is 33.2 Å². The fraction of sp³-hybridized carbons (Fsp3) is 0.524. The van der Waals surface area contributed by atoms with Crippen LogP contribution in [0.2, 0.25) is 0 Å². The summed E-state index contributed by atoms with van der Waals surface area (Å²) in [5, 5.41) is 4.51. The molecular formula is C21H28FN3O3. The number of nitrogens with zero attached hydrogens (tertiary/aromatic N) is 3. The molecular weight excluding hydrogens is 361 g/mol. The number of carbonyl (C=O) groups is 1. The Bertz CT molecular complexity index is 802. The lowest BCUT2D eigenvalue weighted by Gasteiger charge is -2.29. The third-order valence-electron chi connectivity index (χ3n) is 4.87. The molecule has 1 aliphatic rings. The monoisotopic (exact) mass is 389 g/mol. The number of benzene rings is 1. The van der Waals surface area contributed by atoms with Crippen LogP contribution < -0.4 is 0 Å². The van der Waals surface area contributed by atoms with E-state index < -0.39 is 0 Å². The van der Waals surface area contributed by atoms with E-state index >= 15 is 0 Å². The summed E-state index contributed by atoms with van der Waals surface area (Å²) in [7, 11) is 1.65. The van der Waals surface area contributed by atoms with Crippen molar-refractivity contribution < 1.29 is 18.7 Å². The van der Waals surface area contributed by atoms with Gasteiger partial charge in [-0.2, -0.15) is 5.10 Å². The van der Waals surface area contributed by atoms with Gasteiger partial charge in [-0.1, -0.05) is 13.8 Å². The van der Waals surface area contributed by atoms with Gasteiger partial charge < -0.3 is 14.4 Å². The number of halogens is 1. The molecule has 0 aliphatic carbocycles. The van der Waals surface area contributed by atoms with Gasteiger partial charge >= 0.3 is 0 Å². The minimum Gasteiger partial charge on any atom is -0.385 e. The van der Waals surface area contributed by atoms with E-state index in [9.17, 15) is 9.18 Å². The average molecular weight is 389 g/mol. The van der Waals surface area contributed by atoms with Gasteiger partial charge in [0.1, 0.15) is 12.4 Å². The molecule has 0 spiro atoms. The average Bonchev–Trinajstić information content (AvgIpc) is 2.96. The maximum atomic E-state index is 13.3. The maximum Gasteiger partial charge on any atom is 0.248 e. The van der Waals surface area contributed by atoms with Gasteiger partial charge in [0.2, 0.25) is 5.91 Å². The van der Waals surface area contributed by atoms with E-state index in [1.165, 1.54) is 12.1 Å². The zero-order chi connectivity index (χ0) is 20.1. The Morgan fingerprint density at radius 3 is 2.71 bits per heavy atom. The Kier molecular flexibility index (Phi) is 6.46. The molecule has 1 amide bonds. The molecule has 0 saturated heterocycles. The van der Waals surface area contributed by atoms with Gasteiger partial charge in [0.05, 0.1) is 11.9 Å². The topological polar surface area (TPSA) is 56.6 Å². The molecule has 7 heteroatoms. The standard InChI is InChI=1S/C21H28FN3O3/c1-21(2)11-19-16(12-23-25(19)18-7-5-17(22)6-8-18)13-24(15-21)20(26)14-28-10-4-9-27-3/h5-8,12H,4,9-11,13-15H2,1-3H3. The quantitative estimate of drug-likeness (QED) is 0.683. The summed E-state index contributed by atoms with van der Waals surface area (Å²) in [6.45, 7) is 6.63. The molecule has 0 bridgehead atoms. The molecule has 1 aromatic heterocycles. The largest absolute Gasteiger partial charge is 0.385 e. The van der Waals surface area contributed by atoms with Crippen molar-refractivity contribution in [1.29, 1.82) is 0 Å².